The van der Waals surface area contributed by atoms with E-state index in [1.807, 2.05) is 0 Å². The molecular formula is C59H67N3. The molecule has 0 unspecified atom stereocenters. The lowest BCUT2D eigenvalue weighted by atomic mass is 9.86. The Balaban J connectivity index is 1.57. The topological polar surface area (TPSA) is 9.72 Å². The van der Waals surface area contributed by atoms with E-state index in [1.165, 1.54) is 22.3 Å². The molecule has 7 rings (SSSR count). The highest BCUT2D eigenvalue weighted by atomic mass is 15.2. The van der Waals surface area contributed by atoms with Gasteiger partial charge >= 0.3 is 0 Å². The molecule has 0 aromatic heterocycles. The average molecular weight is 818 g/mol. The van der Waals surface area contributed by atoms with Crippen LogP contribution in [0.3, 0.4) is 0 Å². The molecule has 7 aromatic carbocycles. The molecule has 0 radical (unpaired) electrons. The van der Waals surface area contributed by atoms with Gasteiger partial charge in [-0.3, -0.25) is 0 Å². The Bertz CT molecular complexity index is 2270. The van der Waals surface area contributed by atoms with Gasteiger partial charge in [0, 0.05) is 34.1 Å². The van der Waals surface area contributed by atoms with Crippen molar-refractivity contribution in [3.63, 3.8) is 0 Å². The zero-order chi connectivity index (χ0) is 44.6. The Labute approximate surface area is 373 Å². The van der Waals surface area contributed by atoms with Crippen LogP contribution in [0.5, 0.6) is 0 Å². The van der Waals surface area contributed by atoms with Gasteiger partial charge < -0.3 is 14.7 Å². The van der Waals surface area contributed by atoms with Gasteiger partial charge in [0.05, 0.1) is 17.1 Å². The van der Waals surface area contributed by atoms with Crippen LogP contribution in [-0.2, 0) is 21.7 Å². The Hall–Kier alpha value is -6.06. The van der Waals surface area contributed by atoms with Crippen LogP contribution in [0, 0.1) is 6.92 Å². The summed E-state index contributed by atoms with van der Waals surface area (Å²) in [6.45, 7) is 29.7. The number of benzene rings is 7. The summed E-state index contributed by atoms with van der Waals surface area (Å²) >= 11 is 0. The van der Waals surface area contributed by atoms with E-state index in [0.717, 1.165) is 56.7 Å². The molecule has 0 aliphatic carbocycles. The molecule has 0 aliphatic rings. The van der Waals surface area contributed by atoms with Crippen LogP contribution >= 0.6 is 0 Å². The minimum absolute atomic E-state index is 0.0260. The van der Waals surface area contributed by atoms with Crippen LogP contribution in [0.1, 0.15) is 111 Å². The van der Waals surface area contributed by atoms with Crippen molar-refractivity contribution in [2.75, 3.05) is 14.7 Å². The van der Waals surface area contributed by atoms with E-state index in [9.17, 15) is 0 Å². The first-order valence-electron chi connectivity index (χ1n) is 22.3. The summed E-state index contributed by atoms with van der Waals surface area (Å²) in [6, 6.07) is 63.0. The Morgan fingerprint density at radius 3 is 0.710 bits per heavy atom. The van der Waals surface area contributed by atoms with Gasteiger partial charge in [0.25, 0.3) is 0 Å². The Morgan fingerprint density at radius 1 is 0.258 bits per heavy atom. The predicted molar refractivity (Wildman–Crippen MR) is 270 cm³/mol. The van der Waals surface area contributed by atoms with E-state index in [-0.39, 0.29) is 21.7 Å². The van der Waals surface area contributed by atoms with Crippen LogP contribution in [0.25, 0.3) is 0 Å². The molecule has 3 heteroatoms. The molecular weight excluding hydrogens is 751 g/mol. The highest BCUT2D eigenvalue weighted by Gasteiger charge is 2.27. The first-order chi connectivity index (χ1) is 29.2. The first-order valence-corrected chi connectivity index (χ1v) is 22.3. The number of nitrogens with zero attached hydrogens (tertiary/aromatic N) is 3. The summed E-state index contributed by atoms with van der Waals surface area (Å²) in [5, 5.41) is 0. The molecule has 0 amide bonds. The fourth-order valence-electron chi connectivity index (χ4n) is 8.16. The summed E-state index contributed by atoms with van der Waals surface area (Å²) in [5.41, 5.74) is 16.3. The summed E-state index contributed by atoms with van der Waals surface area (Å²) in [4.78, 5) is 7.30. The molecule has 0 heterocycles. The van der Waals surface area contributed by atoms with Crippen molar-refractivity contribution < 1.29 is 0 Å². The van der Waals surface area contributed by atoms with Crippen LogP contribution < -0.4 is 14.7 Å². The standard InChI is InChI=1S/C59H67N3/c1-42-54(61(49-32-24-43(25-33-49)56(2,3)4)50-34-26-44(27-35-50)57(5,6)7)40-53(60(47-20-16-14-17-21-47)48-22-18-15-19-23-48)41-55(42)62(51-36-28-45(29-37-51)58(8,9)10)52-38-30-46(31-39-52)59(11,12)13/h14-41H,1-13H3. The molecule has 3 nitrogen and oxygen atoms in total. The normalized spacial score (nSPS) is 12.3. The van der Waals surface area contributed by atoms with Crippen molar-refractivity contribution in [2.24, 2.45) is 0 Å². The molecule has 0 bridgehead atoms. The third-order valence-electron chi connectivity index (χ3n) is 12.1. The Kier molecular flexibility index (Phi) is 12.1. The van der Waals surface area contributed by atoms with E-state index < -0.39 is 0 Å². The van der Waals surface area contributed by atoms with E-state index in [2.05, 4.69) is 275 Å². The monoisotopic (exact) mass is 818 g/mol. The number of para-hydroxylation sites is 2. The minimum atomic E-state index is 0.0260. The molecule has 0 N–H and O–H groups in total. The second kappa shape index (κ2) is 17.0. The molecule has 0 aliphatic heterocycles. The van der Waals surface area contributed by atoms with Gasteiger partial charge in [-0.05, 0) is 141 Å². The molecule has 7 aromatic rings. The quantitative estimate of drug-likeness (QED) is 0.144. The lowest BCUT2D eigenvalue weighted by molar-refractivity contribution is 0.590. The molecule has 62 heavy (non-hydrogen) atoms. The molecule has 0 saturated carbocycles. The van der Waals surface area contributed by atoms with Crippen molar-refractivity contribution in [1.29, 1.82) is 0 Å². The molecule has 0 saturated heterocycles. The highest BCUT2D eigenvalue weighted by Crippen LogP contribution is 2.49. The van der Waals surface area contributed by atoms with Gasteiger partial charge in [-0.25, -0.2) is 0 Å². The van der Waals surface area contributed by atoms with E-state index >= 15 is 0 Å². The van der Waals surface area contributed by atoms with Crippen LogP contribution in [0.4, 0.5) is 51.2 Å². The summed E-state index contributed by atoms with van der Waals surface area (Å²) in [6.07, 6.45) is 0. The van der Waals surface area contributed by atoms with Crippen molar-refractivity contribution >= 4 is 51.2 Å². The number of hydrogen-bond donors (Lipinski definition) is 0. The largest absolute Gasteiger partial charge is 0.310 e. The second-order valence-electron chi connectivity index (χ2n) is 21.0. The summed E-state index contributed by atoms with van der Waals surface area (Å²) in [5.74, 6) is 0. The molecule has 0 spiro atoms. The number of rotatable bonds is 9. The zero-order valence-corrected chi connectivity index (χ0v) is 39.5. The van der Waals surface area contributed by atoms with Gasteiger partial charge in [-0.2, -0.15) is 0 Å². The third kappa shape index (κ3) is 9.53. The lowest BCUT2D eigenvalue weighted by Crippen LogP contribution is -2.19. The SMILES string of the molecule is Cc1c(N(c2ccc(C(C)(C)C)cc2)c2ccc(C(C)(C)C)cc2)cc(N(c2ccccc2)c2ccccc2)cc1N(c1ccc(C(C)(C)C)cc1)c1ccc(C(C)(C)C)cc1. The van der Waals surface area contributed by atoms with Gasteiger partial charge in [0.15, 0.2) is 0 Å². The molecule has 318 valence electrons. The van der Waals surface area contributed by atoms with Crippen LogP contribution in [0.2, 0.25) is 0 Å². The third-order valence-corrected chi connectivity index (χ3v) is 12.1. The maximum Gasteiger partial charge on any atom is 0.0532 e. The first kappa shape index (κ1) is 44.0. The maximum absolute atomic E-state index is 2.46. The maximum atomic E-state index is 2.46. The molecule has 0 fully saturated rings. The van der Waals surface area contributed by atoms with E-state index in [4.69, 9.17) is 0 Å². The lowest BCUT2D eigenvalue weighted by Gasteiger charge is -2.35. The van der Waals surface area contributed by atoms with Crippen LogP contribution in [-0.4, -0.2) is 0 Å². The fourth-order valence-corrected chi connectivity index (χ4v) is 8.16. The average Bonchev–Trinajstić information content (AvgIpc) is 3.23. The van der Waals surface area contributed by atoms with E-state index in [1.54, 1.807) is 0 Å². The smallest absolute Gasteiger partial charge is 0.0532 e. The number of anilines is 9. The zero-order valence-electron chi connectivity index (χ0n) is 39.5. The van der Waals surface area contributed by atoms with E-state index in [0.29, 0.717) is 0 Å². The highest BCUT2D eigenvalue weighted by molar-refractivity contribution is 5.92. The van der Waals surface area contributed by atoms with Crippen molar-refractivity contribution in [1.82, 2.24) is 0 Å². The van der Waals surface area contributed by atoms with Crippen molar-refractivity contribution in [3.8, 4) is 0 Å². The van der Waals surface area contributed by atoms with Crippen molar-refractivity contribution in [3.05, 3.63) is 198 Å². The Morgan fingerprint density at radius 2 is 0.484 bits per heavy atom. The number of hydrogen-bond acceptors (Lipinski definition) is 3. The van der Waals surface area contributed by atoms with Gasteiger partial charge in [0.2, 0.25) is 0 Å². The second-order valence-corrected chi connectivity index (χ2v) is 21.0. The minimum Gasteiger partial charge on any atom is -0.310 e. The molecule has 0 atom stereocenters. The predicted octanol–water partition coefficient (Wildman–Crippen LogP) is 17.6. The van der Waals surface area contributed by atoms with Gasteiger partial charge in [-0.15, -0.1) is 0 Å². The van der Waals surface area contributed by atoms with Gasteiger partial charge in [-0.1, -0.05) is 168 Å². The van der Waals surface area contributed by atoms with Crippen LogP contribution in [0.15, 0.2) is 170 Å². The van der Waals surface area contributed by atoms with Crippen molar-refractivity contribution in [2.45, 2.75) is 112 Å². The summed E-state index contributed by atoms with van der Waals surface area (Å²) in [7, 11) is 0. The fraction of sp³-hybridized carbons (Fsp3) is 0.288. The summed E-state index contributed by atoms with van der Waals surface area (Å²) < 4.78 is 0. The van der Waals surface area contributed by atoms with Gasteiger partial charge in [0.1, 0.15) is 0 Å².